The summed E-state index contributed by atoms with van der Waals surface area (Å²) in [6, 6.07) is 32.4. The van der Waals surface area contributed by atoms with Crippen molar-refractivity contribution < 1.29 is 59.8 Å². The van der Waals surface area contributed by atoms with Crippen LogP contribution in [0.4, 0.5) is 17.1 Å². The predicted octanol–water partition coefficient (Wildman–Crippen LogP) is 9.75. The molecule has 6 N–H and O–H groups in total. The van der Waals surface area contributed by atoms with Gasteiger partial charge in [0.05, 0.1) is 14.8 Å². The van der Waals surface area contributed by atoms with Crippen LogP contribution in [0.3, 0.4) is 0 Å². The van der Waals surface area contributed by atoms with Gasteiger partial charge in [0.1, 0.15) is 0 Å². The third-order valence-corrected chi connectivity index (χ3v) is 10.2. The average Bonchev–Trinajstić information content (AvgIpc) is 3.27. The molecule has 20 heteroatoms. The van der Waals surface area contributed by atoms with Crippen LogP contribution in [0.5, 0.6) is 34.5 Å². The minimum Gasteiger partial charge on any atom is -0.504 e. The van der Waals surface area contributed by atoms with E-state index in [9.17, 15) is 75.4 Å². The number of nitrogens with zero attached hydrogens (tertiary/aromatic N) is 3. The maximum absolute atomic E-state index is 12.4. The Morgan fingerprint density at radius 3 is 1.26 bits per heavy atom. The second-order valence-corrected chi connectivity index (χ2v) is 14.9. The normalized spacial score (nSPS) is 10.5. The Hall–Kier alpha value is -8.61. The number of fused-ring (bicyclic) bond motifs is 1. The highest BCUT2D eigenvalue weighted by molar-refractivity contribution is 6.31. The Morgan fingerprint density at radius 1 is 0.439 bits per heavy atom. The minimum atomic E-state index is -0.874. The van der Waals surface area contributed by atoms with Crippen LogP contribution in [0.2, 0.25) is 10.0 Å². The van der Waals surface area contributed by atoms with Gasteiger partial charge in [-0.2, -0.15) is 0 Å². The van der Waals surface area contributed by atoms with E-state index in [0.29, 0.717) is 21.2 Å². The van der Waals surface area contributed by atoms with Gasteiger partial charge in [-0.25, -0.2) is 0 Å². The van der Waals surface area contributed by atoms with E-state index < -0.39 is 77.9 Å². The second-order valence-electron chi connectivity index (χ2n) is 14.1. The van der Waals surface area contributed by atoms with E-state index >= 15 is 0 Å². The van der Waals surface area contributed by atoms with Crippen molar-refractivity contribution in [1.82, 2.24) is 0 Å². The zero-order valence-electron chi connectivity index (χ0n) is 33.7. The Bertz CT molecular complexity index is 3050. The molecule has 0 atom stereocenters. The largest absolute Gasteiger partial charge is 0.504 e. The summed E-state index contributed by atoms with van der Waals surface area (Å²) < 4.78 is 0. The molecular formula is C46H33Cl2N3O15. The molecule has 0 spiro atoms. The van der Waals surface area contributed by atoms with E-state index in [1.54, 1.807) is 48.5 Å². The van der Waals surface area contributed by atoms with Crippen LogP contribution in [0.25, 0.3) is 10.8 Å². The second kappa shape index (κ2) is 21.2. The molecule has 0 aliphatic rings. The summed E-state index contributed by atoms with van der Waals surface area (Å²) in [5.74, 6) is -5.94. The predicted molar refractivity (Wildman–Crippen MR) is 240 cm³/mol. The van der Waals surface area contributed by atoms with Crippen molar-refractivity contribution in [2.45, 2.75) is 19.3 Å². The fraction of sp³-hybridized carbons (Fsp3) is 0.0652. The lowest BCUT2D eigenvalue weighted by atomic mass is 9.99. The molecule has 7 aromatic carbocycles. The van der Waals surface area contributed by atoms with Crippen molar-refractivity contribution in [1.29, 1.82) is 0 Å². The number of carbonyl (C=O) groups excluding carboxylic acids is 3. The van der Waals surface area contributed by atoms with E-state index in [1.807, 2.05) is 42.5 Å². The number of ketones is 3. The van der Waals surface area contributed by atoms with E-state index in [0.717, 1.165) is 52.7 Å². The molecule has 66 heavy (non-hydrogen) atoms. The maximum Gasteiger partial charge on any atom is 0.315 e. The summed E-state index contributed by atoms with van der Waals surface area (Å²) in [6.07, 6.45) is -0.0359. The smallest absolute Gasteiger partial charge is 0.315 e. The fourth-order valence-electron chi connectivity index (χ4n) is 6.16. The first-order valence-electron chi connectivity index (χ1n) is 18.9. The number of carbonyl (C=O) groups is 3. The highest BCUT2D eigenvalue weighted by Gasteiger charge is 2.24. The summed E-state index contributed by atoms with van der Waals surface area (Å²) in [5, 5.41) is 92.1. The maximum atomic E-state index is 12.4. The number of nitro groups is 3. The van der Waals surface area contributed by atoms with Crippen LogP contribution in [0, 0.1) is 30.3 Å². The zero-order valence-corrected chi connectivity index (χ0v) is 35.2. The lowest BCUT2D eigenvalue weighted by Gasteiger charge is -2.06. The number of benzene rings is 7. The first-order chi connectivity index (χ1) is 31.2. The van der Waals surface area contributed by atoms with Gasteiger partial charge in [0.2, 0.25) is 17.2 Å². The molecule has 336 valence electrons. The number of nitro benzene ring substituents is 3. The van der Waals surface area contributed by atoms with E-state index in [4.69, 9.17) is 23.2 Å². The molecule has 0 aromatic heterocycles. The first-order valence-corrected chi connectivity index (χ1v) is 19.7. The highest BCUT2D eigenvalue weighted by atomic mass is 35.5. The summed E-state index contributed by atoms with van der Waals surface area (Å²) in [6.45, 7) is 0. The lowest BCUT2D eigenvalue weighted by Crippen LogP contribution is -2.05. The summed E-state index contributed by atoms with van der Waals surface area (Å²) in [7, 11) is 0. The quantitative estimate of drug-likeness (QED) is 0.0287. The standard InChI is InChI=1S/C18H13NO5.2C14H10ClNO5/c20-16(14-9-15(19(23)24)18(22)17(21)10-14)8-11-5-6-12-3-1-2-4-13(12)7-11;15-10-3-1-8(2-4-10)5-12(17)9-6-11(16(20)21)14(19)13(18)7-9;15-10-4-2-1-3-8(10)6-12(17)9-5-11(16(20)21)14(19)13(18)7-9/h1-7,9-10,21-22H,8H2;1-4,6-7,18-19H,5H2;1-5,7,18-19H,6H2. The van der Waals surface area contributed by atoms with Crippen molar-refractivity contribution in [2.24, 2.45) is 0 Å². The van der Waals surface area contributed by atoms with Gasteiger partial charge in [0.15, 0.2) is 34.6 Å². The molecule has 0 heterocycles. The third kappa shape index (κ3) is 12.1. The number of hydrogen-bond acceptors (Lipinski definition) is 15. The SMILES string of the molecule is O=C(Cc1ccc(Cl)cc1)c1cc(O)c(O)c([N+](=O)[O-])c1.O=C(Cc1ccc2ccccc2c1)c1cc(O)c(O)c([N+](=O)[O-])c1.O=C(Cc1ccccc1Cl)c1cc(O)c(O)c([N+](=O)[O-])c1. The molecule has 0 radical (unpaired) electrons. The molecule has 0 unspecified atom stereocenters. The Labute approximate surface area is 381 Å². The monoisotopic (exact) mass is 937 g/mol. The van der Waals surface area contributed by atoms with Crippen LogP contribution in [-0.4, -0.2) is 62.8 Å². The van der Waals surface area contributed by atoms with E-state index in [2.05, 4.69) is 0 Å². The summed E-state index contributed by atoms with van der Waals surface area (Å²) in [4.78, 5) is 66.4. The van der Waals surface area contributed by atoms with Gasteiger partial charge in [0.25, 0.3) is 0 Å². The van der Waals surface area contributed by atoms with Gasteiger partial charge in [-0.05, 0) is 63.9 Å². The molecule has 0 fully saturated rings. The number of rotatable bonds is 12. The van der Waals surface area contributed by atoms with Crippen LogP contribution >= 0.6 is 23.2 Å². The molecule has 0 amide bonds. The molecule has 0 saturated heterocycles. The topological polar surface area (TPSA) is 302 Å². The van der Waals surface area contributed by atoms with Crippen LogP contribution in [-0.2, 0) is 19.3 Å². The van der Waals surface area contributed by atoms with Crippen molar-refractivity contribution in [3.63, 3.8) is 0 Å². The van der Waals surface area contributed by atoms with Crippen LogP contribution in [0.15, 0.2) is 127 Å². The number of phenolic OH excluding ortho intramolecular Hbond substituents is 6. The van der Waals surface area contributed by atoms with Gasteiger partial charge in [-0.3, -0.25) is 44.7 Å². The number of halogens is 2. The minimum absolute atomic E-state index is 0.00145. The van der Waals surface area contributed by atoms with E-state index in [-0.39, 0.29) is 41.7 Å². The van der Waals surface area contributed by atoms with Crippen molar-refractivity contribution in [2.75, 3.05) is 0 Å². The van der Waals surface area contributed by atoms with Gasteiger partial charge in [-0.15, -0.1) is 0 Å². The van der Waals surface area contributed by atoms with Crippen molar-refractivity contribution in [3.8, 4) is 34.5 Å². The van der Waals surface area contributed by atoms with Gasteiger partial charge in [-0.1, -0.05) is 96.0 Å². The van der Waals surface area contributed by atoms with Crippen molar-refractivity contribution >= 4 is 68.4 Å². The molecule has 0 saturated carbocycles. The molecule has 18 nitrogen and oxygen atoms in total. The Kier molecular flexibility index (Phi) is 15.5. The summed E-state index contributed by atoms with van der Waals surface area (Å²) >= 11 is 11.7. The number of Topliss-reactive ketones (excluding diaryl/α,β-unsaturated/α-hetero) is 3. The Balaban J connectivity index is 0.000000186. The molecular weight excluding hydrogens is 905 g/mol. The van der Waals surface area contributed by atoms with Gasteiger partial charge in [0, 0.05) is 64.2 Å². The van der Waals surface area contributed by atoms with Gasteiger partial charge < -0.3 is 30.6 Å². The lowest BCUT2D eigenvalue weighted by molar-refractivity contribution is -0.386. The number of phenols is 6. The van der Waals surface area contributed by atoms with Gasteiger partial charge >= 0.3 is 17.1 Å². The number of hydrogen-bond donors (Lipinski definition) is 6. The molecule has 0 bridgehead atoms. The van der Waals surface area contributed by atoms with Crippen LogP contribution in [0.1, 0.15) is 47.8 Å². The summed E-state index contributed by atoms with van der Waals surface area (Å²) in [5.41, 5.74) is -0.272. The fourth-order valence-corrected chi connectivity index (χ4v) is 6.48. The average molecular weight is 939 g/mol. The first kappa shape index (κ1) is 48.4. The molecule has 0 aliphatic heterocycles. The van der Waals surface area contributed by atoms with E-state index in [1.165, 1.54) is 0 Å². The zero-order chi connectivity index (χ0) is 48.4. The van der Waals surface area contributed by atoms with Crippen molar-refractivity contribution in [3.05, 3.63) is 201 Å². The van der Waals surface area contributed by atoms with Crippen LogP contribution < -0.4 is 0 Å². The highest BCUT2D eigenvalue weighted by Crippen LogP contribution is 2.39. The Morgan fingerprint density at radius 2 is 0.818 bits per heavy atom. The molecule has 7 aromatic rings. The molecule has 0 aliphatic carbocycles. The molecule has 7 rings (SSSR count). The third-order valence-electron chi connectivity index (χ3n) is 9.53. The number of aromatic hydroxyl groups is 6.